The van der Waals surface area contributed by atoms with Gasteiger partial charge in [0.2, 0.25) is 0 Å². The molecule has 3 heteroatoms. The predicted octanol–water partition coefficient (Wildman–Crippen LogP) is 2.51. The van der Waals surface area contributed by atoms with Crippen LogP contribution in [0.1, 0.15) is 29.9 Å². The monoisotopic (exact) mass is 239 g/mol. The molecule has 1 aliphatic carbocycles. The normalized spacial score (nSPS) is 26.6. The van der Waals surface area contributed by atoms with Crippen LogP contribution in [0.3, 0.4) is 0 Å². The Balaban J connectivity index is 0.000000963. The zero-order valence-corrected chi connectivity index (χ0v) is 10.3. The van der Waals surface area contributed by atoms with Gasteiger partial charge in [0.25, 0.3) is 0 Å². The minimum Gasteiger partial charge on any atom is -0.496 e. The number of hydrogen-bond donors (Lipinski definition) is 1. The van der Waals surface area contributed by atoms with Gasteiger partial charge in [-0.15, -0.1) is 12.4 Å². The van der Waals surface area contributed by atoms with Gasteiger partial charge < -0.3 is 10.1 Å². The van der Waals surface area contributed by atoms with Crippen molar-refractivity contribution >= 4 is 12.4 Å². The number of halogens is 1. The van der Waals surface area contributed by atoms with Crippen LogP contribution in [0.4, 0.5) is 0 Å². The number of ether oxygens (including phenoxy) is 1. The highest BCUT2D eigenvalue weighted by molar-refractivity contribution is 5.85. The molecule has 2 atom stereocenters. The van der Waals surface area contributed by atoms with Crippen LogP contribution in [0.5, 0.6) is 5.75 Å². The number of aryl methyl sites for hydroxylation is 1. The predicted molar refractivity (Wildman–Crippen MR) is 67.7 cm³/mol. The Hall–Kier alpha value is -0.730. The summed E-state index contributed by atoms with van der Waals surface area (Å²) >= 11 is 0. The topological polar surface area (TPSA) is 21.3 Å². The highest BCUT2D eigenvalue weighted by Crippen LogP contribution is 2.41. The Morgan fingerprint density at radius 2 is 2.19 bits per heavy atom. The first-order valence-corrected chi connectivity index (χ1v) is 5.79. The van der Waals surface area contributed by atoms with E-state index in [2.05, 4.69) is 23.5 Å². The van der Waals surface area contributed by atoms with E-state index >= 15 is 0 Å². The van der Waals surface area contributed by atoms with E-state index in [4.69, 9.17) is 4.74 Å². The van der Waals surface area contributed by atoms with Crippen molar-refractivity contribution in [3.8, 4) is 5.75 Å². The molecule has 3 rings (SSSR count). The van der Waals surface area contributed by atoms with Crippen molar-refractivity contribution in [1.82, 2.24) is 5.32 Å². The van der Waals surface area contributed by atoms with E-state index in [9.17, 15) is 0 Å². The molecule has 0 spiro atoms. The van der Waals surface area contributed by atoms with Gasteiger partial charge in [0, 0.05) is 17.5 Å². The summed E-state index contributed by atoms with van der Waals surface area (Å²) in [6.45, 7) is 1.16. The summed E-state index contributed by atoms with van der Waals surface area (Å²) in [5, 5.41) is 3.60. The van der Waals surface area contributed by atoms with Gasteiger partial charge in [-0.25, -0.2) is 0 Å². The number of benzene rings is 1. The van der Waals surface area contributed by atoms with E-state index in [0.29, 0.717) is 12.0 Å². The summed E-state index contributed by atoms with van der Waals surface area (Å²) in [4.78, 5) is 0. The molecule has 1 heterocycles. The number of rotatable bonds is 1. The lowest BCUT2D eigenvalue weighted by Crippen LogP contribution is -2.30. The molecule has 2 aliphatic rings. The van der Waals surface area contributed by atoms with Crippen LogP contribution in [-0.4, -0.2) is 19.7 Å². The van der Waals surface area contributed by atoms with E-state index in [1.165, 1.54) is 30.4 Å². The van der Waals surface area contributed by atoms with Gasteiger partial charge in [0.05, 0.1) is 7.11 Å². The van der Waals surface area contributed by atoms with E-state index in [0.717, 1.165) is 12.3 Å². The van der Waals surface area contributed by atoms with Crippen LogP contribution in [0.2, 0.25) is 0 Å². The number of hydrogen-bond acceptors (Lipinski definition) is 2. The molecular weight excluding hydrogens is 222 g/mol. The summed E-state index contributed by atoms with van der Waals surface area (Å²) in [6.07, 6.45) is 3.74. The molecule has 1 N–H and O–H groups in total. The third-order valence-electron chi connectivity index (χ3n) is 3.82. The Labute approximate surface area is 103 Å². The first kappa shape index (κ1) is 11.7. The van der Waals surface area contributed by atoms with Crippen LogP contribution >= 0.6 is 12.4 Å². The molecule has 1 aliphatic heterocycles. The molecule has 0 saturated carbocycles. The molecule has 0 radical (unpaired) electrons. The van der Waals surface area contributed by atoms with Crippen LogP contribution < -0.4 is 10.1 Å². The maximum absolute atomic E-state index is 5.49. The smallest absolute Gasteiger partial charge is 0.122 e. The van der Waals surface area contributed by atoms with Crippen molar-refractivity contribution in [3.63, 3.8) is 0 Å². The molecule has 0 unspecified atom stereocenters. The summed E-state index contributed by atoms with van der Waals surface area (Å²) in [5.74, 6) is 1.77. The van der Waals surface area contributed by atoms with E-state index in [1.807, 2.05) is 0 Å². The fraction of sp³-hybridized carbons (Fsp3) is 0.538. The van der Waals surface area contributed by atoms with Crippen molar-refractivity contribution in [2.45, 2.75) is 31.2 Å². The molecule has 1 aromatic rings. The minimum atomic E-state index is 0. The Kier molecular flexibility index (Phi) is 3.41. The Bertz CT molecular complexity index is 366. The summed E-state index contributed by atoms with van der Waals surface area (Å²) in [7, 11) is 1.78. The molecule has 1 fully saturated rings. The summed E-state index contributed by atoms with van der Waals surface area (Å²) in [5.41, 5.74) is 2.97. The van der Waals surface area contributed by atoms with Crippen molar-refractivity contribution in [2.24, 2.45) is 0 Å². The first-order valence-electron chi connectivity index (χ1n) is 5.79. The molecule has 1 aromatic carbocycles. The van der Waals surface area contributed by atoms with E-state index in [-0.39, 0.29) is 12.4 Å². The average molecular weight is 240 g/mol. The molecule has 0 amide bonds. The van der Waals surface area contributed by atoms with Crippen LogP contribution in [0.15, 0.2) is 18.2 Å². The van der Waals surface area contributed by atoms with Crippen LogP contribution in [-0.2, 0) is 6.42 Å². The van der Waals surface area contributed by atoms with Crippen molar-refractivity contribution in [1.29, 1.82) is 0 Å². The molecule has 88 valence electrons. The lowest BCUT2D eigenvalue weighted by atomic mass is 9.79. The molecule has 2 nitrogen and oxygen atoms in total. The highest BCUT2D eigenvalue weighted by atomic mass is 35.5. The van der Waals surface area contributed by atoms with Crippen LogP contribution in [0, 0.1) is 0 Å². The van der Waals surface area contributed by atoms with Gasteiger partial charge in [-0.2, -0.15) is 0 Å². The van der Waals surface area contributed by atoms with Crippen molar-refractivity contribution < 1.29 is 4.74 Å². The number of fused-ring (bicyclic) bond motifs is 3. The lowest BCUT2D eigenvalue weighted by Gasteiger charge is -2.29. The SMILES string of the molecule is COc1cccc2c1[C@H]1CCN[C@H]1CC2.Cl. The lowest BCUT2D eigenvalue weighted by molar-refractivity contribution is 0.391. The molecule has 1 saturated heterocycles. The zero-order chi connectivity index (χ0) is 10.3. The summed E-state index contributed by atoms with van der Waals surface area (Å²) in [6, 6.07) is 7.15. The second-order valence-corrected chi connectivity index (χ2v) is 4.53. The molecular formula is C13H18ClNO. The molecule has 0 bridgehead atoms. The Morgan fingerprint density at radius 3 is 3.00 bits per heavy atom. The van der Waals surface area contributed by atoms with Gasteiger partial charge in [0.15, 0.2) is 0 Å². The van der Waals surface area contributed by atoms with Crippen LogP contribution in [0.25, 0.3) is 0 Å². The fourth-order valence-electron chi connectivity index (χ4n) is 3.13. The van der Waals surface area contributed by atoms with Crippen molar-refractivity contribution in [2.75, 3.05) is 13.7 Å². The maximum atomic E-state index is 5.49. The van der Waals surface area contributed by atoms with Crippen molar-refractivity contribution in [3.05, 3.63) is 29.3 Å². The number of nitrogens with one attached hydrogen (secondary N) is 1. The van der Waals surface area contributed by atoms with E-state index in [1.54, 1.807) is 7.11 Å². The summed E-state index contributed by atoms with van der Waals surface area (Å²) < 4.78 is 5.49. The second kappa shape index (κ2) is 4.64. The first-order chi connectivity index (χ1) is 7.40. The minimum absolute atomic E-state index is 0. The van der Waals surface area contributed by atoms with Gasteiger partial charge in [-0.05, 0) is 37.4 Å². The molecule has 16 heavy (non-hydrogen) atoms. The molecule has 0 aromatic heterocycles. The third-order valence-corrected chi connectivity index (χ3v) is 3.82. The maximum Gasteiger partial charge on any atom is 0.122 e. The second-order valence-electron chi connectivity index (χ2n) is 4.53. The zero-order valence-electron chi connectivity index (χ0n) is 9.53. The average Bonchev–Trinajstić information content (AvgIpc) is 2.76. The number of methoxy groups -OCH3 is 1. The Morgan fingerprint density at radius 1 is 1.31 bits per heavy atom. The quantitative estimate of drug-likeness (QED) is 0.813. The standard InChI is InChI=1S/C13H17NO.ClH/c1-15-12-4-2-3-9-5-6-11-10(13(9)12)7-8-14-11;/h2-4,10-11,14H,5-8H2,1H3;1H/t10-,11-;/m0./s1. The fourth-order valence-corrected chi connectivity index (χ4v) is 3.13. The van der Waals surface area contributed by atoms with Gasteiger partial charge in [-0.3, -0.25) is 0 Å². The van der Waals surface area contributed by atoms with Gasteiger partial charge in [-0.1, -0.05) is 12.1 Å². The largest absolute Gasteiger partial charge is 0.496 e. The van der Waals surface area contributed by atoms with Gasteiger partial charge >= 0.3 is 0 Å². The highest BCUT2D eigenvalue weighted by Gasteiger charge is 2.34. The van der Waals surface area contributed by atoms with E-state index < -0.39 is 0 Å². The van der Waals surface area contributed by atoms with Gasteiger partial charge in [0.1, 0.15) is 5.75 Å². The third kappa shape index (κ3) is 1.70.